The Labute approximate surface area is 137 Å². The van der Waals surface area contributed by atoms with Gasteiger partial charge in [-0.25, -0.2) is 13.2 Å². The second-order valence-electron chi connectivity index (χ2n) is 5.30. The number of methoxy groups -OCH3 is 1. The molecule has 1 N–H and O–H groups in total. The highest BCUT2D eigenvalue weighted by Gasteiger charge is 2.29. The van der Waals surface area contributed by atoms with E-state index in [2.05, 4.69) is 5.32 Å². The van der Waals surface area contributed by atoms with Crippen LogP contribution in [0, 0.1) is 0 Å². The number of sulfonamides is 1. The molecular formula is C15H23N3O4S. The van der Waals surface area contributed by atoms with Crippen molar-refractivity contribution in [3.63, 3.8) is 0 Å². The van der Waals surface area contributed by atoms with E-state index < -0.39 is 10.0 Å². The molecule has 1 aliphatic rings. The Balaban J connectivity index is 1.99. The number of carbonyl (C=O) groups excluding carboxylic acids is 1. The third kappa shape index (κ3) is 4.14. The van der Waals surface area contributed by atoms with Crippen LogP contribution in [0.4, 0.5) is 4.79 Å². The highest BCUT2D eigenvalue weighted by molar-refractivity contribution is 7.89. The maximum atomic E-state index is 12.6. The van der Waals surface area contributed by atoms with E-state index in [1.807, 2.05) is 6.92 Å². The Morgan fingerprint density at radius 2 is 1.78 bits per heavy atom. The molecule has 0 radical (unpaired) electrons. The van der Waals surface area contributed by atoms with Crippen LogP contribution >= 0.6 is 0 Å². The zero-order valence-electron chi connectivity index (χ0n) is 13.5. The molecule has 7 nitrogen and oxygen atoms in total. The smallest absolute Gasteiger partial charge is 0.317 e. The average Bonchev–Trinajstić information content (AvgIpc) is 2.59. The first-order valence-electron chi connectivity index (χ1n) is 7.66. The largest absolute Gasteiger partial charge is 0.497 e. The summed E-state index contributed by atoms with van der Waals surface area (Å²) < 4.78 is 31.7. The average molecular weight is 341 g/mol. The van der Waals surface area contributed by atoms with Gasteiger partial charge in [-0.05, 0) is 30.7 Å². The van der Waals surface area contributed by atoms with Gasteiger partial charge in [0.2, 0.25) is 10.0 Å². The topological polar surface area (TPSA) is 79.0 Å². The predicted octanol–water partition coefficient (Wildman–Crippen LogP) is 1.12. The Kier molecular flexibility index (Phi) is 5.84. The molecule has 1 aromatic carbocycles. The number of amides is 2. The molecular weight excluding hydrogens is 318 g/mol. The molecule has 0 saturated carbocycles. The van der Waals surface area contributed by atoms with Crippen LogP contribution in [0.3, 0.4) is 0 Å². The lowest BCUT2D eigenvalue weighted by atomic mass is 10.3. The second kappa shape index (κ2) is 7.65. The van der Waals surface area contributed by atoms with E-state index in [0.717, 1.165) is 6.42 Å². The minimum atomic E-state index is -3.53. The van der Waals surface area contributed by atoms with E-state index in [1.54, 1.807) is 17.0 Å². The van der Waals surface area contributed by atoms with Gasteiger partial charge in [0.05, 0.1) is 12.0 Å². The van der Waals surface area contributed by atoms with Crippen molar-refractivity contribution in [1.29, 1.82) is 0 Å². The van der Waals surface area contributed by atoms with Gasteiger partial charge in [-0.15, -0.1) is 0 Å². The zero-order chi connectivity index (χ0) is 16.9. The number of rotatable bonds is 5. The molecule has 1 saturated heterocycles. The molecule has 0 aromatic heterocycles. The number of ether oxygens (including phenoxy) is 1. The lowest BCUT2D eigenvalue weighted by Gasteiger charge is -2.34. The molecule has 2 rings (SSSR count). The minimum absolute atomic E-state index is 0.131. The molecule has 1 aliphatic heterocycles. The molecule has 1 fully saturated rings. The number of piperazine rings is 1. The highest BCUT2D eigenvalue weighted by Crippen LogP contribution is 2.20. The normalized spacial score (nSPS) is 16.2. The van der Waals surface area contributed by atoms with Gasteiger partial charge in [0.1, 0.15) is 5.75 Å². The minimum Gasteiger partial charge on any atom is -0.497 e. The van der Waals surface area contributed by atoms with Gasteiger partial charge in [-0.2, -0.15) is 4.31 Å². The molecule has 23 heavy (non-hydrogen) atoms. The monoisotopic (exact) mass is 341 g/mol. The molecule has 2 amide bonds. The van der Waals surface area contributed by atoms with Gasteiger partial charge < -0.3 is 15.0 Å². The maximum absolute atomic E-state index is 12.6. The third-order valence-corrected chi connectivity index (χ3v) is 5.66. The van der Waals surface area contributed by atoms with Crippen LogP contribution in [0.2, 0.25) is 0 Å². The van der Waals surface area contributed by atoms with E-state index in [9.17, 15) is 13.2 Å². The molecule has 0 unspecified atom stereocenters. The van der Waals surface area contributed by atoms with Gasteiger partial charge in [-0.1, -0.05) is 6.92 Å². The van der Waals surface area contributed by atoms with E-state index in [4.69, 9.17) is 4.74 Å². The van der Waals surface area contributed by atoms with Crippen LogP contribution in [-0.4, -0.2) is 63.5 Å². The van der Waals surface area contributed by atoms with Crippen LogP contribution in [-0.2, 0) is 10.0 Å². The summed E-state index contributed by atoms with van der Waals surface area (Å²) in [6.07, 6.45) is 0.873. The summed E-state index contributed by atoms with van der Waals surface area (Å²) in [6, 6.07) is 6.19. The van der Waals surface area contributed by atoms with Crippen molar-refractivity contribution < 1.29 is 17.9 Å². The third-order valence-electron chi connectivity index (χ3n) is 3.75. The van der Waals surface area contributed by atoms with E-state index in [1.165, 1.54) is 23.5 Å². The van der Waals surface area contributed by atoms with Crippen molar-refractivity contribution in [2.24, 2.45) is 0 Å². The summed E-state index contributed by atoms with van der Waals surface area (Å²) in [5.41, 5.74) is 0. The van der Waals surface area contributed by atoms with Gasteiger partial charge >= 0.3 is 6.03 Å². The van der Waals surface area contributed by atoms with Crippen molar-refractivity contribution in [1.82, 2.24) is 14.5 Å². The summed E-state index contributed by atoms with van der Waals surface area (Å²) >= 11 is 0. The Bertz CT molecular complexity index is 623. The molecule has 0 bridgehead atoms. The standard InChI is InChI=1S/C15H23N3O4S/c1-3-8-16-15(19)17-9-11-18(12-10-17)23(20,21)14-6-4-13(22-2)5-7-14/h4-7H,3,8-12H2,1-2H3,(H,16,19). The number of nitrogens with one attached hydrogen (secondary N) is 1. The number of carbonyl (C=O) groups is 1. The molecule has 0 atom stereocenters. The molecule has 1 aromatic rings. The second-order valence-corrected chi connectivity index (χ2v) is 7.24. The van der Waals surface area contributed by atoms with Crippen LogP contribution in [0.5, 0.6) is 5.75 Å². The van der Waals surface area contributed by atoms with Crippen LogP contribution < -0.4 is 10.1 Å². The molecule has 8 heteroatoms. The fourth-order valence-corrected chi connectivity index (χ4v) is 3.79. The number of hydrogen-bond acceptors (Lipinski definition) is 4. The van der Waals surface area contributed by atoms with Crippen LogP contribution in [0.15, 0.2) is 29.2 Å². The summed E-state index contributed by atoms with van der Waals surface area (Å²) in [5.74, 6) is 0.612. The molecule has 1 heterocycles. The van der Waals surface area contributed by atoms with Crippen molar-refractivity contribution in [3.05, 3.63) is 24.3 Å². The number of hydrogen-bond donors (Lipinski definition) is 1. The predicted molar refractivity (Wildman–Crippen MR) is 87.0 cm³/mol. The first-order valence-corrected chi connectivity index (χ1v) is 9.10. The lowest BCUT2D eigenvalue weighted by Crippen LogP contribution is -2.53. The summed E-state index contributed by atoms with van der Waals surface area (Å²) in [5, 5.41) is 2.81. The highest BCUT2D eigenvalue weighted by atomic mass is 32.2. The van der Waals surface area contributed by atoms with Crippen LogP contribution in [0.25, 0.3) is 0 Å². The van der Waals surface area contributed by atoms with Crippen molar-refractivity contribution in [2.75, 3.05) is 39.8 Å². The summed E-state index contributed by atoms with van der Waals surface area (Å²) in [7, 11) is -2.00. The number of urea groups is 1. The zero-order valence-corrected chi connectivity index (χ0v) is 14.3. The van der Waals surface area contributed by atoms with Gasteiger partial charge in [0, 0.05) is 32.7 Å². The molecule has 0 aliphatic carbocycles. The summed E-state index contributed by atoms with van der Waals surface area (Å²) in [6.45, 7) is 4.00. The molecule has 0 spiro atoms. The van der Waals surface area contributed by atoms with E-state index >= 15 is 0 Å². The Morgan fingerprint density at radius 1 is 1.17 bits per heavy atom. The first kappa shape index (κ1) is 17.6. The van der Waals surface area contributed by atoms with E-state index in [-0.39, 0.29) is 10.9 Å². The maximum Gasteiger partial charge on any atom is 0.317 e. The van der Waals surface area contributed by atoms with Gasteiger partial charge in [0.25, 0.3) is 0 Å². The lowest BCUT2D eigenvalue weighted by molar-refractivity contribution is 0.172. The number of nitrogens with zero attached hydrogens (tertiary/aromatic N) is 2. The quantitative estimate of drug-likeness (QED) is 0.870. The van der Waals surface area contributed by atoms with Crippen LogP contribution in [0.1, 0.15) is 13.3 Å². The Hall–Kier alpha value is -1.80. The number of benzene rings is 1. The molecule has 128 valence electrons. The SMILES string of the molecule is CCCNC(=O)N1CCN(S(=O)(=O)c2ccc(OC)cc2)CC1. The fraction of sp³-hybridized carbons (Fsp3) is 0.533. The van der Waals surface area contributed by atoms with Gasteiger partial charge in [0.15, 0.2) is 0 Å². The van der Waals surface area contributed by atoms with Gasteiger partial charge in [-0.3, -0.25) is 0 Å². The Morgan fingerprint density at radius 3 is 2.30 bits per heavy atom. The van der Waals surface area contributed by atoms with Crippen molar-refractivity contribution in [2.45, 2.75) is 18.2 Å². The summed E-state index contributed by atoms with van der Waals surface area (Å²) in [4.78, 5) is 13.8. The fourth-order valence-electron chi connectivity index (χ4n) is 2.37. The first-order chi connectivity index (χ1) is 11.0. The van der Waals surface area contributed by atoms with Crippen molar-refractivity contribution >= 4 is 16.1 Å². The van der Waals surface area contributed by atoms with Crippen molar-refractivity contribution in [3.8, 4) is 5.75 Å². The van der Waals surface area contributed by atoms with E-state index in [0.29, 0.717) is 38.5 Å².